The van der Waals surface area contributed by atoms with Gasteiger partial charge in [-0.3, -0.25) is 19.0 Å². The van der Waals surface area contributed by atoms with Crippen LogP contribution in [0, 0.1) is 0 Å². The van der Waals surface area contributed by atoms with Crippen LogP contribution in [0.4, 0.5) is 24.5 Å². The fraction of sp³-hybridized carbons (Fsp3) is 0.176. The monoisotopic (exact) mass is 392 g/mol. The molecular weight excluding hydrogens is 377 g/mol. The lowest BCUT2D eigenvalue weighted by Crippen LogP contribution is -2.14. The lowest BCUT2D eigenvalue weighted by Gasteiger charge is -2.06. The summed E-state index contributed by atoms with van der Waals surface area (Å²) in [7, 11) is 2.80. The number of rotatable bonds is 4. The number of nitrogens with one attached hydrogen (secondary N) is 2. The van der Waals surface area contributed by atoms with E-state index >= 15 is 0 Å². The zero-order valence-electron chi connectivity index (χ0n) is 14.8. The first kappa shape index (κ1) is 19.1. The molecule has 0 aliphatic heterocycles. The Balaban J connectivity index is 1.65. The summed E-state index contributed by atoms with van der Waals surface area (Å²) in [4.78, 5) is 24.2. The topological polar surface area (TPSA) is 93.8 Å². The van der Waals surface area contributed by atoms with Gasteiger partial charge in [-0.25, -0.2) is 0 Å². The molecule has 1 aromatic carbocycles. The van der Waals surface area contributed by atoms with Gasteiger partial charge in [0.1, 0.15) is 5.69 Å². The summed E-state index contributed by atoms with van der Waals surface area (Å²) in [6, 6.07) is 8.31. The molecule has 11 heteroatoms. The van der Waals surface area contributed by atoms with Gasteiger partial charge in [-0.05, 0) is 30.3 Å². The Morgan fingerprint density at radius 3 is 1.86 bits per heavy atom. The minimum atomic E-state index is -4.60. The number of carbonyl (C=O) groups is 2. The SMILES string of the molecule is Cn1ccc(C(=O)Nc2ccc(NC(=O)c3cc(C(F)(F)F)n(C)n3)cc2)n1. The Morgan fingerprint density at radius 1 is 0.893 bits per heavy atom. The standard InChI is InChI=1S/C17H15F3N6O2/c1-25-8-7-12(23-25)15(27)21-10-3-5-11(6-4-10)22-16(28)13-9-14(17(18,19)20)26(2)24-13/h3-9H,1-2H3,(H,21,27)(H,22,28). The van der Waals surface area contributed by atoms with E-state index in [1.165, 1.54) is 28.9 Å². The van der Waals surface area contributed by atoms with Gasteiger partial charge in [0.05, 0.1) is 0 Å². The molecule has 2 heterocycles. The third-order valence-electron chi connectivity index (χ3n) is 3.75. The van der Waals surface area contributed by atoms with Gasteiger partial charge >= 0.3 is 6.18 Å². The Labute approximate surface area is 157 Å². The van der Waals surface area contributed by atoms with E-state index in [1.54, 1.807) is 19.3 Å². The Hall–Kier alpha value is -3.63. The van der Waals surface area contributed by atoms with Gasteiger partial charge in [-0.1, -0.05) is 0 Å². The molecule has 3 rings (SSSR count). The molecule has 3 aromatic rings. The fourth-order valence-corrected chi connectivity index (χ4v) is 2.41. The number of benzene rings is 1. The predicted octanol–water partition coefficient (Wildman–Crippen LogP) is 2.68. The van der Waals surface area contributed by atoms with Crippen LogP contribution in [0.2, 0.25) is 0 Å². The molecular formula is C17H15F3N6O2. The molecule has 0 fully saturated rings. The normalized spacial score (nSPS) is 11.3. The van der Waals surface area contributed by atoms with Gasteiger partial charge in [-0.2, -0.15) is 23.4 Å². The molecule has 0 aliphatic carbocycles. The van der Waals surface area contributed by atoms with Gasteiger partial charge in [0, 0.05) is 37.7 Å². The predicted molar refractivity (Wildman–Crippen MR) is 93.8 cm³/mol. The number of halogens is 3. The van der Waals surface area contributed by atoms with Gasteiger partial charge in [0.25, 0.3) is 11.8 Å². The van der Waals surface area contributed by atoms with Crippen LogP contribution in [0.15, 0.2) is 42.6 Å². The van der Waals surface area contributed by atoms with E-state index in [0.717, 1.165) is 7.05 Å². The zero-order valence-corrected chi connectivity index (χ0v) is 14.8. The average molecular weight is 392 g/mol. The second-order valence-corrected chi connectivity index (χ2v) is 5.90. The molecule has 2 amide bonds. The van der Waals surface area contributed by atoms with Crippen molar-refractivity contribution in [2.75, 3.05) is 10.6 Å². The second kappa shape index (κ2) is 7.18. The summed E-state index contributed by atoms with van der Waals surface area (Å²) in [6.45, 7) is 0. The largest absolute Gasteiger partial charge is 0.433 e. The first-order valence-electron chi connectivity index (χ1n) is 7.97. The van der Waals surface area contributed by atoms with Crippen molar-refractivity contribution < 1.29 is 22.8 Å². The van der Waals surface area contributed by atoms with E-state index in [2.05, 4.69) is 20.8 Å². The molecule has 0 atom stereocenters. The number of alkyl halides is 3. The quantitative estimate of drug-likeness (QED) is 0.714. The highest BCUT2D eigenvalue weighted by Gasteiger charge is 2.35. The van der Waals surface area contributed by atoms with E-state index in [0.29, 0.717) is 22.1 Å². The molecule has 8 nitrogen and oxygen atoms in total. The summed E-state index contributed by atoms with van der Waals surface area (Å²) in [6.07, 6.45) is -2.97. The van der Waals surface area contributed by atoms with E-state index in [9.17, 15) is 22.8 Å². The van der Waals surface area contributed by atoms with Gasteiger partial charge in [-0.15, -0.1) is 0 Å². The number of amides is 2. The number of carbonyl (C=O) groups excluding carboxylic acids is 2. The minimum absolute atomic E-state index is 0.246. The maximum Gasteiger partial charge on any atom is 0.433 e. The Morgan fingerprint density at radius 2 is 1.43 bits per heavy atom. The van der Waals surface area contributed by atoms with Crippen LogP contribution < -0.4 is 10.6 Å². The zero-order chi connectivity index (χ0) is 20.5. The van der Waals surface area contributed by atoms with Crippen molar-refractivity contribution in [1.82, 2.24) is 19.6 Å². The molecule has 0 saturated carbocycles. The third kappa shape index (κ3) is 4.19. The lowest BCUT2D eigenvalue weighted by molar-refractivity contribution is -0.143. The fourth-order valence-electron chi connectivity index (χ4n) is 2.41. The highest BCUT2D eigenvalue weighted by molar-refractivity contribution is 6.04. The van der Waals surface area contributed by atoms with Crippen LogP contribution in [-0.2, 0) is 20.3 Å². The van der Waals surface area contributed by atoms with Crippen molar-refractivity contribution in [3.8, 4) is 0 Å². The van der Waals surface area contributed by atoms with Crippen LogP contribution in [0.25, 0.3) is 0 Å². The number of hydrogen-bond acceptors (Lipinski definition) is 4. The van der Waals surface area contributed by atoms with Gasteiger partial charge in [0.2, 0.25) is 0 Å². The number of nitrogens with zero attached hydrogens (tertiary/aromatic N) is 4. The molecule has 0 saturated heterocycles. The molecule has 2 aromatic heterocycles. The van der Waals surface area contributed by atoms with Crippen molar-refractivity contribution in [1.29, 1.82) is 0 Å². The van der Waals surface area contributed by atoms with Crippen molar-refractivity contribution >= 4 is 23.2 Å². The Bertz CT molecular complexity index is 1020. The summed E-state index contributed by atoms with van der Waals surface area (Å²) >= 11 is 0. The van der Waals surface area contributed by atoms with Crippen molar-refractivity contribution in [3.63, 3.8) is 0 Å². The third-order valence-corrected chi connectivity index (χ3v) is 3.75. The number of aromatic nitrogens is 4. The molecule has 0 bridgehead atoms. The first-order valence-corrected chi connectivity index (χ1v) is 7.97. The number of aryl methyl sites for hydroxylation is 2. The van der Waals surface area contributed by atoms with Crippen molar-refractivity contribution in [2.24, 2.45) is 14.1 Å². The summed E-state index contributed by atoms with van der Waals surface area (Å²) in [5.74, 6) is -1.18. The van der Waals surface area contributed by atoms with Crippen molar-refractivity contribution in [3.05, 3.63) is 59.7 Å². The highest BCUT2D eigenvalue weighted by Crippen LogP contribution is 2.29. The van der Waals surface area contributed by atoms with E-state index < -0.39 is 23.7 Å². The molecule has 2 N–H and O–H groups in total. The van der Waals surface area contributed by atoms with Crippen LogP contribution in [0.5, 0.6) is 0 Å². The molecule has 0 radical (unpaired) electrons. The number of hydrogen-bond donors (Lipinski definition) is 2. The maximum absolute atomic E-state index is 12.8. The van der Waals surface area contributed by atoms with Crippen LogP contribution in [0.3, 0.4) is 0 Å². The Kier molecular flexibility index (Phi) is 4.91. The van der Waals surface area contributed by atoms with E-state index in [4.69, 9.17) is 0 Å². The number of anilines is 2. The molecule has 0 spiro atoms. The summed E-state index contributed by atoms with van der Waals surface area (Å²) in [5.41, 5.74) is -0.339. The molecule has 0 aliphatic rings. The van der Waals surface area contributed by atoms with Crippen LogP contribution >= 0.6 is 0 Å². The summed E-state index contributed by atoms with van der Waals surface area (Å²) < 4.78 is 40.5. The van der Waals surface area contributed by atoms with Gasteiger partial charge in [0.15, 0.2) is 11.4 Å². The van der Waals surface area contributed by atoms with E-state index in [-0.39, 0.29) is 11.4 Å². The van der Waals surface area contributed by atoms with E-state index in [1.807, 2.05) is 0 Å². The molecule has 0 unspecified atom stereocenters. The van der Waals surface area contributed by atoms with Gasteiger partial charge < -0.3 is 10.6 Å². The lowest BCUT2D eigenvalue weighted by atomic mass is 10.2. The average Bonchev–Trinajstić information content (AvgIpc) is 3.22. The minimum Gasteiger partial charge on any atom is -0.321 e. The van der Waals surface area contributed by atoms with Crippen LogP contribution in [-0.4, -0.2) is 31.4 Å². The molecule has 146 valence electrons. The maximum atomic E-state index is 12.8. The second-order valence-electron chi connectivity index (χ2n) is 5.90. The summed E-state index contributed by atoms with van der Waals surface area (Å²) in [5, 5.41) is 12.7. The van der Waals surface area contributed by atoms with Crippen LogP contribution in [0.1, 0.15) is 26.7 Å². The van der Waals surface area contributed by atoms with Crippen molar-refractivity contribution in [2.45, 2.75) is 6.18 Å². The first-order chi connectivity index (χ1) is 13.1. The molecule has 28 heavy (non-hydrogen) atoms. The highest BCUT2D eigenvalue weighted by atomic mass is 19.4. The smallest absolute Gasteiger partial charge is 0.321 e.